The van der Waals surface area contributed by atoms with E-state index in [1.807, 2.05) is 0 Å². The van der Waals surface area contributed by atoms with Gasteiger partial charge in [0.1, 0.15) is 36.4 Å². The molecule has 1 aromatic carbocycles. The van der Waals surface area contributed by atoms with Crippen LogP contribution >= 0.6 is 0 Å². The zero-order chi connectivity index (χ0) is 29.9. The highest BCUT2D eigenvalue weighted by Gasteiger charge is 2.48. The molecule has 3 rings (SSSR count). The number of hydrogen-bond donors (Lipinski definition) is 5. The fourth-order valence-corrected chi connectivity index (χ4v) is 3.88. The molecule has 15 heteroatoms. The molecule has 226 valence electrons. The lowest BCUT2D eigenvalue weighted by atomic mass is 9.99. The fraction of sp³-hybridized carbons (Fsp3) is 0.538. The molecular weight excluding hydrogens is 548 g/mol. The number of nitrogens with zero attached hydrogens (tertiary/aromatic N) is 1. The quantitative estimate of drug-likeness (QED) is 0.109. The molecule has 15 nitrogen and oxygen atoms in total. The van der Waals surface area contributed by atoms with Crippen molar-refractivity contribution in [2.45, 2.75) is 50.7 Å². The Morgan fingerprint density at radius 1 is 1.00 bits per heavy atom. The van der Waals surface area contributed by atoms with Gasteiger partial charge in [0, 0.05) is 49.9 Å². The lowest BCUT2D eigenvalue weighted by Crippen LogP contribution is -2.61. The Morgan fingerprint density at radius 3 is 2.41 bits per heavy atom. The maximum absolute atomic E-state index is 11.9. The van der Waals surface area contributed by atoms with Crippen LogP contribution in [0.15, 0.2) is 30.4 Å². The zero-order valence-electron chi connectivity index (χ0n) is 22.3. The number of rotatable bonds is 16. The van der Waals surface area contributed by atoms with E-state index in [9.17, 15) is 39.6 Å². The third-order valence-corrected chi connectivity index (χ3v) is 6.08. The maximum Gasteiger partial charge on any atom is 0.335 e. The number of ether oxygens (including phenoxy) is 5. The Balaban J connectivity index is 1.44. The van der Waals surface area contributed by atoms with Crippen LogP contribution in [-0.2, 0) is 40.0 Å². The summed E-state index contributed by atoms with van der Waals surface area (Å²) in [6.07, 6.45) is -6.53. The van der Waals surface area contributed by atoms with Gasteiger partial charge in [-0.3, -0.25) is 19.3 Å². The van der Waals surface area contributed by atoms with Gasteiger partial charge < -0.3 is 49.4 Å². The molecule has 0 bridgehead atoms. The van der Waals surface area contributed by atoms with Crippen molar-refractivity contribution in [3.63, 3.8) is 0 Å². The third-order valence-electron chi connectivity index (χ3n) is 6.08. The Bertz CT molecular complexity index is 1090. The number of benzene rings is 1. The number of hydrogen-bond acceptors (Lipinski definition) is 12. The summed E-state index contributed by atoms with van der Waals surface area (Å²) in [6, 6.07) is 4.76. The molecule has 5 atom stereocenters. The summed E-state index contributed by atoms with van der Waals surface area (Å²) in [5.41, 5.74) is 0.532. The van der Waals surface area contributed by atoms with Crippen LogP contribution in [0.1, 0.15) is 18.9 Å². The first-order valence-corrected chi connectivity index (χ1v) is 12.9. The zero-order valence-corrected chi connectivity index (χ0v) is 22.3. The average Bonchev–Trinajstić information content (AvgIpc) is 3.27. The van der Waals surface area contributed by atoms with Crippen LogP contribution in [0.25, 0.3) is 0 Å². The van der Waals surface area contributed by atoms with Crippen molar-refractivity contribution in [2.75, 3.05) is 39.5 Å². The summed E-state index contributed by atoms with van der Waals surface area (Å²) in [4.78, 5) is 47.2. The molecule has 41 heavy (non-hydrogen) atoms. The van der Waals surface area contributed by atoms with E-state index in [2.05, 4.69) is 5.32 Å². The van der Waals surface area contributed by atoms with E-state index < -0.39 is 48.5 Å². The lowest BCUT2D eigenvalue weighted by Gasteiger charge is -2.38. The van der Waals surface area contributed by atoms with Crippen molar-refractivity contribution < 1.29 is 63.3 Å². The van der Waals surface area contributed by atoms with E-state index in [0.717, 1.165) is 17.1 Å². The summed E-state index contributed by atoms with van der Waals surface area (Å²) in [7, 11) is 0. The number of carboxylic acids is 1. The predicted molar refractivity (Wildman–Crippen MR) is 137 cm³/mol. The van der Waals surface area contributed by atoms with Crippen LogP contribution in [0, 0.1) is 0 Å². The largest absolute Gasteiger partial charge is 0.491 e. The van der Waals surface area contributed by atoms with Crippen LogP contribution in [-0.4, -0.2) is 119 Å². The highest BCUT2D eigenvalue weighted by atomic mass is 16.7. The second-order valence-electron chi connectivity index (χ2n) is 8.98. The standard InChI is InChI=1S/C26H34N2O13/c1-2-37-14-15-3-4-16(13-17(15)40-26-23(34)21(32)22(33)24(41-26)25(35)36)39-12-11-38-10-8-27-18(29)7-9-28-19(30)5-6-20(28)31/h3-6,13,21-24,26,32-34H,2,7-12,14H2,1H3,(H,27,29)(H,35,36)/t21-,22-,23+,24-,26+/m0/s1. The van der Waals surface area contributed by atoms with E-state index in [0.29, 0.717) is 17.9 Å². The molecule has 0 radical (unpaired) electrons. The van der Waals surface area contributed by atoms with E-state index in [1.54, 1.807) is 19.1 Å². The van der Waals surface area contributed by atoms with E-state index in [-0.39, 0.29) is 57.6 Å². The molecule has 0 unspecified atom stereocenters. The number of imide groups is 1. The first-order chi connectivity index (χ1) is 19.6. The number of carbonyl (C=O) groups is 4. The molecule has 1 saturated heterocycles. The molecule has 1 aromatic rings. The number of aliphatic hydroxyl groups excluding tert-OH is 3. The molecule has 0 aliphatic carbocycles. The van der Waals surface area contributed by atoms with Gasteiger partial charge in [-0.2, -0.15) is 0 Å². The number of amides is 3. The second kappa shape index (κ2) is 15.4. The monoisotopic (exact) mass is 582 g/mol. The normalized spacial score (nSPS) is 24.0. The molecule has 5 N–H and O–H groups in total. The van der Waals surface area contributed by atoms with E-state index in [1.165, 1.54) is 6.07 Å². The van der Waals surface area contributed by atoms with Crippen molar-refractivity contribution in [3.05, 3.63) is 35.9 Å². The molecular formula is C26H34N2O13. The van der Waals surface area contributed by atoms with Gasteiger partial charge in [0.15, 0.2) is 6.10 Å². The molecule has 2 aliphatic rings. The van der Waals surface area contributed by atoms with Gasteiger partial charge >= 0.3 is 5.97 Å². The van der Waals surface area contributed by atoms with Crippen LogP contribution in [0.2, 0.25) is 0 Å². The van der Waals surface area contributed by atoms with Crippen molar-refractivity contribution in [3.8, 4) is 11.5 Å². The van der Waals surface area contributed by atoms with Crippen molar-refractivity contribution in [1.29, 1.82) is 0 Å². The first-order valence-electron chi connectivity index (χ1n) is 12.9. The summed E-state index contributed by atoms with van der Waals surface area (Å²) in [6.45, 7) is 3.01. The Kier molecular flexibility index (Phi) is 12.0. The smallest absolute Gasteiger partial charge is 0.335 e. The maximum atomic E-state index is 11.9. The van der Waals surface area contributed by atoms with Crippen molar-refractivity contribution in [2.24, 2.45) is 0 Å². The SMILES string of the molecule is CCOCc1ccc(OCCOCCNC(=O)CCN2C(=O)C=CC2=O)cc1O[C@@H]1O[C@H](C(=O)O)[C@@H](O)[C@H](O)[C@H]1O. The van der Waals surface area contributed by atoms with Gasteiger partial charge in [0.2, 0.25) is 12.2 Å². The Labute approximate surface area is 235 Å². The summed E-state index contributed by atoms with van der Waals surface area (Å²) < 4.78 is 27.4. The van der Waals surface area contributed by atoms with Gasteiger partial charge in [-0.25, -0.2) is 4.79 Å². The van der Waals surface area contributed by atoms with Crippen molar-refractivity contribution >= 4 is 23.7 Å². The van der Waals surface area contributed by atoms with Gasteiger partial charge in [0.05, 0.1) is 19.8 Å². The van der Waals surface area contributed by atoms with E-state index >= 15 is 0 Å². The molecule has 0 spiro atoms. The average molecular weight is 583 g/mol. The molecule has 2 heterocycles. The van der Waals surface area contributed by atoms with Crippen LogP contribution in [0.4, 0.5) is 0 Å². The van der Waals surface area contributed by atoms with Crippen LogP contribution in [0.3, 0.4) is 0 Å². The van der Waals surface area contributed by atoms with Gasteiger partial charge in [-0.05, 0) is 19.1 Å². The molecule has 3 amide bonds. The highest BCUT2D eigenvalue weighted by Crippen LogP contribution is 2.30. The topological polar surface area (TPSA) is 211 Å². The number of carbonyl (C=O) groups excluding carboxylic acids is 3. The first kappa shape index (κ1) is 31.9. The van der Waals surface area contributed by atoms with Gasteiger partial charge in [-0.1, -0.05) is 0 Å². The van der Waals surface area contributed by atoms with Crippen LogP contribution in [0.5, 0.6) is 11.5 Å². The van der Waals surface area contributed by atoms with Crippen molar-refractivity contribution in [1.82, 2.24) is 10.2 Å². The van der Waals surface area contributed by atoms with Gasteiger partial charge in [-0.15, -0.1) is 0 Å². The predicted octanol–water partition coefficient (Wildman–Crippen LogP) is -1.68. The van der Waals surface area contributed by atoms with E-state index in [4.69, 9.17) is 23.7 Å². The molecule has 2 aliphatic heterocycles. The minimum Gasteiger partial charge on any atom is -0.491 e. The highest BCUT2D eigenvalue weighted by molar-refractivity contribution is 6.13. The fourth-order valence-electron chi connectivity index (χ4n) is 3.88. The number of carboxylic acid groups (broad SMARTS) is 1. The third kappa shape index (κ3) is 8.94. The molecule has 0 aromatic heterocycles. The number of aliphatic carboxylic acids is 1. The minimum absolute atomic E-state index is 0.00519. The molecule has 1 fully saturated rings. The Hall–Kier alpha value is -3.60. The lowest BCUT2D eigenvalue weighted by molar-refractivity contribution is -0.271. The summed E-state index contributed by atoms with van der Waals surface area (Å²) >= 11 is 0. The molecule has 0 saturated carbocycles. The summed E-state index contributed by atoms with van der Waals surface area (Å²) in [5.74, 6) is -2.27. The number of nitrogens with one attached hydrogen (secondary N) is 1. The van der Waals surface area contributed by atoms with Crippen LogP contribution < -0.4 is 14.8 Å². The second-order valence-corrected chi connectivity index (χ2v) is 8.98. The minimum atomic E-state index is -1.85. The Morgan fingerprint density at radius 2 is 1.73 bits per heavy atom. The summed E-state index contributed by atoms with van der Waals surface area (Å²) in [5, 5.41) is 42.1. The number of aliphatic hydroxyl groups is 3. The van der Waals surface area contributed by atoms with Gasteiger partial charge in [0.25, 0.3) is 11.8 Å².